The molecule has 9 heteroatoms. The molecule has 2 aromatic carbocycles. The van der Waals surface area contributed by atoms with Gasteiger partial charge >= 0.3 is 0 Å². The van der Waals surface area contributed by atoms with Gasteiger partial charge in [0.15, 0.2) is 6.61 Å². The lowest BCUT2D eigenvalue weighted by Crippen LogP contribution is -2.25. The maximum atomic E-state index is 11.7. The molecule has 128 valence electrons. The zero-order chi connectivity index (χ0) is 18.2. The molecule has 0 aliphatic rings. The molecule has 2 aromatic rings. The maximum absolute atomic E-state index is 11.7. The van der Waals surface area contributed by atoms with Crippen molar-refractivity contribution < 1.29 is 19.2 Å². The molecule has 0 saturated heterocycles. The van der Waals surface area contributed by atoms with Gasteiger partial charge in [0.1, 0.15) is 5.75 Å². The molecule has 0 spiro atoms. The third-order valence-electron chi connectivity index (χ3n) is 3.00. The molecule has 0 radical (unpaired) electrons. The van der Waals surface area contributed by atoms with Crippen LogP contribution < -0.4 is 15.9 Å². The number of nitro groups is 1. The predicted molar refractivity (Wildman–Crippen MR) is 89.3 cm³/mol. The standard InChI is InChI=1S/C16H14N4O5/c17-16(22)13-6-1-2-7-14(13)25-10-15(21)19-18-9-11-4-3-5-12(8-11)20(23)24/h1-9H,10H2,(H2,17,22)(H,19,21)/b18-9-. The van der Waals surface area contributed by atoms with Crippen molar-refractivity contribution in [3.8, 4) is 5.75 Å². The van der Waals surface area contributed by atoms with Crippen LogP contribution in [0.5, 0.6) is 5.75 Å². The van der Waals surface area contributed by atoms with Gasteiger partial charge in [0.05, 0.1) is 16.7 Å². The van der Waals surface area contributed by atoms with Crippen molar-refractivity contribution in [3.63, 3.8) is 0 Å². The third kappa shape index (κ3) is 5.13. The summed E-state index contributed by atoms with van der Waals surface area (Å²) in [5.41, 5.74) is 7.96. The first kappa shape index (κ1) is 17.6. The van der Waals surface area contributed by atoms with E-state index in [0.717, 1.165) is 0 Å². The highest BCUT2D eigenvalue weighted by atomic mass is 16.6. The number of hydrogen-bond acceptors (Lipinski definition) is 6. The Morgan fingerprint density at radius 1 is 1.24 bits per heavy atom. The molecule has 25 heavy (non-hydrogen) atoms. The van der Waals surface area contributed by atoms with E-state index in [2.05, 4.69) is 10.5 Å². The van der Waals surface area contributed by atoms with Crippen molar-refractivity contribution >= 4 is 23.7 Å². The van der Waals surface area contributed by atoms with Crippen LogP contribution in [0.25, 0.3) is 0 Å². The van der Waals surface area contributed by atoms with E-state index in [1.807, 2.05) is 0 Å². The van der Waals surface area contributed by atoms with Gasteiger partial charge in [-0.05, 0) is 12.1 Å². The average molecular weight is 342 g/mol. The Morgan fingerprint density at radius 2 is 2.00 bits per heavy atom. The SMILES string of the molecule is NC(=O)c1ccccc1OCC(=O)N/N=C\c1cccc([N+](=O)[O-])c1. The zero-order valence-corrected chi connectivity index (χ0v) is 12.9. The number of ether oxygens (including phenoxy) is 1. The Labute approximate surface area is 142 Å². The van der Waals surface area contributed by atoms with Crippen molar-refractivity contribution in [2.45, 2.75) is 0 Å². The van der Waals surface area contributed by atoms with Gasteiger partial charge in [-0.2, -0.15) is 5.10 Å². The predicted octanol–water partition coefficient (Wildman–Crippen LogP) is 1.22. The summed E-state index contributed by atoms with van der Waals surface area (Å²) in [6.07, 6.45) is 1.27. The Balaban J connectivity index is 1.90. The Bertz CT molecular complexity index is 835. The third-order valence-corrected chi connectivity index (χ3v) is 3.00. The van der Waals surface area contributed by atoms with Crippen molar-refractivity contribution in [2.75, 3.05) is 6.61 Å². The van der Waals surface area contributed by atoms with Gasteiger partial charge in [-0.15, -0.1) is 0 Å². The maximum Gasteiger partial charge on any atom is 0.277 e. The summed E-state index contributed by atoms with van der Waals surface area (Å²) in [5, 5.41) is 14.4. The number of nitrogens with two attached hydrogens (primary N) is 1. The molecular formula is C16H14N4O5. The highest BCUT2D eigenvalue weighted by Crippen LogP contribution is 2.16. The van der Waals surface area contributed by atoms with Crippen LogP contribution in [0, 0.1) is 10.1 Å². The zero-order valence-electron chi connectivity index (χ0n) is 12.9. The van der Waals surface area contributed by atoms with Crippen LogP contribution in [0.1, 0.15) is 15.9 Å². The summed E-state index contributed by atoms with van der Waals surface area (Å²) in [6, 6.07) is 12.0. The van der Waals surface area contributed by atoms with Crippen molar-refractivity contribution in [1.82, 2.24) is 5.43 Å². The fourth-order valence-corrected chi connectivity index (χ4v) is 1.87. The number of non-ortho nitro benzene ring substituents is 1. The minimum Gasteiger partial charge on any atom is -0.483 e. The van der Waals surface area contributed by atoms with Crippen molar-refractivity contribution in [1.29, 1.82) is 0 Å². The van der Waals surface area contributed by atoms with Gasteiger partial charge in [0.25, 0.3) is 17.5 Å². The molecule has 0 aromatic heterocycles. The van der Waals surface area contributed by atoms with Gasteiger partial charge in [-0.25, -0.2) is 5.43 Å². The Hall–Kier alpha value is -3.75. The molecule has 2 amide bonds. The molecule has 0 saturated carbocycles. The quantitative estimate of drug-likeness (QED) is 0.443. The second kappa shape index (κ2) is 8.20. The van der Waals surface area contributed by atoms with E-state index in [-0.39, 0.29) is 23.6 Å². The lowest BCUT2D eigenvalue weighted by molar-refractivity contribution is -0.384. The van der Waals surface area contributed by atoms with Gasteiger partial charge in [-0.1, -0.05) is 24.3 Å². The number of amides is 2. The molecule has 0 unspecified atom stereocenters. The van der Waals surface area contributed by atoms with Crippen LogP contribution in [0.3, 0.4) is 0 Å². The van der Waals surface area contributed by atoms with Crippen LogP contribution in [-0.4, -0.2) is 29.6 Å². The number of para-hydroxylation sites is 1. The first-order chi connectivity index (χ1) is 12.0. The lowest BCUT2D eigenvalue weighted by atomic mass is 10.2. The summed E-state index contributed by atoms with van der Waals surface area (Å²) in [5.74, 6) is -1.05. The molecule has 0 aliphatic carbocycles. The number of hydrazone groups is 1. The summed E-state index contributed by atoms with van der Waals surface area (Å²) < 4.78 is 5.24. The number of carbonyl (C=O) groups excluding carboxylic acids is 2. The monoisotopic (exact) mass is 342 g/mol. The second-order valence-electron chi connectivity index (χ2n) is 4.79. The van der Waals surface area contributed by atoms with Crippen LogP contribution >= 0.6 is 0 Å². The summed E-state index contributed by atoms with van der Waals surface area (Å²) in [7, 11) is 0. The van der Waals surface area contributed by atoms with E-state index in [9.17, 15) is 19.7 Å². The molecule has 9 nitrogen and oxygen atoms in total. The molecule has 0 heterocycles. The number of nitrogens with one attached hydrogen (secondary N) is 1. The fraction of sp³-hybridized carbons (Fsp3) is 0.0625. The molecule has 0 aliphatic heterocycles. The number of hydrogen-bond donors (Lipinski definition) is 2. The van der Waals surface area contributed by atoms with E-state index in [1.54, 1.807) is 18.2 Å². The van der Waals surface area contributed by atoms with E-state index in [0.29, 0.717) is 5.56 Å². The number of nitrogens with zero attached hydrogens (tertiary/aromatic N) is 2. The normalized spacial score (nSPS) is 10.4. The minimum atomic E-state index is -0.667. The van der Waals surface area contributed by atoms with Gasteiger partial charge in [0.2, 0.25) is 0 Å². The largest absolute Gasteiger partial charge is 0.483 e. The average Bonchev–Trinajstić information content (AvgIpc) is 2.60. The smallest absolute Gasteiger partial charge is 0.277 e. The number of rotatable bonds is 7. The van der Waals surface area contributed by atoms with Crippen LogP contribution in [0.15, 0.2) is 53.6 Å². The Kier molecular flexibility index (Phi) is 5.77. The minimum absolute atomic E-state index is 0.0818. The van der Waals surface area contributed by atoms with Crippen molar-refractivity contribution in [3.05, 3.63) is 69.8 Å². The van der Waals surface area contributed by atoms with E-state index >= 15 is 0 Å². The number of nitro benzene ring substituents is 1. The topological polar surface area (TPSA) is 137 Å². The van der Waals surface area contributed by atoms with Crippen LogP contribution in [0.2, 0.25) is 0 Å². The second-order valence-corrected chi connectivity index (χ2v) is 4.79. The molecular weight excluding hydrogens is 328 g/mol. The number of primary amides is 1. The van der Waals surface area contributed by atoms with E-state index < -0.39 is 16.7 Å². The molecule has 3 N–H and O–H groups in total. The van der Waals surface area contributed by atoms with E-state index in [4.69, 9.17) is 10.5 Å². The van der Waals surface area contributed by atoms with Gasteiger partial charge < -0.3 is 10.5 Å². The van der Waals surface area contributed by atoms with Crippen LogP contribution in [-0.2, 0) is 4.79 Å². The first-order valence-corrected chi connectivity index (χ1v) is 7.05. The molecule has 0 atom stereocenters. The summed E-state index contributed by atoms with van der Waals surface area (Å²) in [4.78, 5) is 33.1. The van der Waals surface area contributed by atoms with Gasteiger partial charge in [-0.3, -0.25) is 19.7 Å². The molecule has 0 fully saturated rings. The van der Waals surface area contributed by atoms with E-state index in [1.165, 1.54) is 36.5 Å². The molecule has 0 bridgehead atoms. The number of carbonyl (C=O) groups is 2. The number of benzene rings is 2. The molecule has 2 rings (SSSR count). The van der Waals surface area contributed by atoms with Crippen LogP contribution in [0.4, 0.5) is 5.69 Å². The summed E-state index contributed by atoms with van der Waals surface area (Å²) in [6.45, 7) is -0.378. The highest BCUT2D eigenvalue weighted by molar-refractivity contribution is 5.95. The highest BCUT2D eigenvalue weighted by Gasteiger charge is 2.10. The van der Waals surface area contributed by atoms with Crippen molar-refractivity contribution in [2.24, 2.45) is 10.8 Å². The Morgan fingerprint density at radius 3 is 2.72 bits per heavy atom. The van der Waals surface area contributed by atoms with Gasteiger partial charge in [0, 0.05) is 17.7 Å². The lowest BCUT2D eigenvalue weighted by Gasteiger charge is -2.08. The first-order valence-electron chi connectivity index (χ1n) is 7.05. The fourth-order valence-electron chi connectivity index (χ4n) is 1.87. The summed E-state index contributed by atoms with van der Waals surface area (Å²) >= 11 is 0.